The summed E-state index contributed by atoms with van der Waals surface area (Å²) in [6.45, 7) is 0. The Morgan fingerprint density at radius 1 is 1.05 bits per heavy atom. The van der Waals surface area contributed by atoms with E-state index < -0.39 is 22.1 Å². The first-order valence-corrected chi connectivity index (χ1v) is 6.40. The van der Waals surface area contributed by atoms with Gasteiger partial charge in [0.05, 0.1) is 18.1 Å². The summed E-state index contributed by atoms with van der Waals surface area (Å²) < 4.78 is 4.79. The summed E-state index contributed by atoms with van der Waals surface area (Å²) in [4.78, 5) is 9.47. The van der Waals surface area contributed by atoms with E-state index in [1.807, 2.05) is 0 Å². The summed E-state index contributed by atoms with van der Waals surface area (Å²) in [6.07, 6.45) is 0. The summed E-state index contributed by atoms with van der Waals surface area (Å²) >= 11 is 11.0. The van der Waals surface area contributed by atoms with Gasteiger partial charge in [0.15, 0.2) is 23.0 Å². The van der Waals surface area contributed by atoms with Gasteiger partial charge < -0.3 is 20.1 Å². The molecule has 7 nitrogen and oxygen atoms in total. The van der Waals surface area contributed by atoms with E-state index in [1.54, 1.807) is 12.1 Å². The zero-order valence-corrected chi connectivity index (χ0v) is 12.7. The van der Waals surface area contributed by atoms with Crippen LogP contribution in [0.5, 0.6) is 23.0 Å². The zero-order valence-electron chi connectivity index (χ0n) is 11.2. The maximum Gasteiger partial charge on any atom is 0.291 e. The summed E-state index contributed by atoms with van der Waals surface area (Å²) in [5.41, 5.74) is -0.438. The van der Waals surface area contributed by atoms with E-state index in [2.05, 4.69) is 0 Å². The van der Waals surface area contributed by atoms with Gasteiger partial charge in [0.2, 0.25) is 0 Å². The van der Waals surface area contributed by atoms with Gasteiger partial charge in [-0.05, 0) is 12.1 Å². The smallest absolute Gasteiger partial charge is 0.291 e. The Morgan fingerprint density at radius 2 is 1.64 bits per heavy atom. The maximum atomic E-state index is 10.2. The quantitative estimate of drug-likeness (QED) is 0.433. The average Bonchev–Trinajstić information content (AvgIpc) is 2.45. The van der Waals surface area contributed by atoms with Crippen LogP contribution < -0.4 is 4.74 Å². The predicted octanol–water partition coefficient (Wildman–Crippen LogP) is 3.71. The Labute approximate surface area is 135 Å². The van der Waals surface area contributed by atoms with E-state index in [4.69, 9.17) is 43.3 Å². The van der Waals surface area contributed by atoms with Crippen LogP contribution >= 0.6 is 23.2 Å². The monoisotopic (exact) mass is 347 g/mol. The third-order valence-electron chi connectivity index (χ3n) is 2.38. The second-order valence-corrected chi connectivity index (χ2v) is 4.71. The van der Waals surface area contributed by atoms with E-state index in [9.17, 15) is 10.1 Å². The number of nitrogens with zero attached hydrogens (tertiary/aromatic N) is 1. The molecule has 0 unspecified atom stereocenters. The highest BCUT2D eigenvalue weighted by Crippen LogP contribution is 2.35. The van der Waals surface area contributed by atoms with Crippen molar-refractivity contribution in [3.05, 3.63) is 50.5 Å². The van der Waals surface area contributed by atoms with Crippen molar-refractivity contribution in [1.29, 1.82) is 0 Å². The number of phenols is 3. The first-order valence-electron chi connectivity index (χ1n) is 5.64. The van der Waals surface area contributed by atoms with Crippen molar-refractivity contribution in [2.24, 2.45) is 0 Å². The Hall–Kier alpha value is -2.38. The SMILES string of the molecule is COc1cc(Cl)ccc1O.O=[N+]([O-])c1cc(O)c(O)cc1Cl. The second-order valence-electron chi connectivity index (χ2n) is 3.87. The standard InChI is InChI=1S/C7H7ClO2.C6H4ClNO4/c1-10-7-4-5(8)2-3-6(7)9;7-3-1-5(9)6(10)2-4(3)8(11)12/h2-4,9H,1H3;1-2,9-10H. The minimum atomic E-state index is -0.749. The molecule has 0 aliphatic carbocycles. The average molecular weight is 348 g/mol. The molecule has 118 valence electrons. The number of hydrogen-bond acceptors (Lipinski definition) is 6. The topological polar surface area (TPSA) is 113 Å². The van der Waals surface area contributed by atoms with Crippen molar-refractivity contribution in [3.63, 3.8) is 0 Å². The summed E-state index contributed by atoms with van der Waals surface area (Å²) in [6, 6.07) is 6.34. The molecule has 2 rings (SSSR count). The number of rotatable bonds is 2. The minimum absolute atomic E-state index is 0.104. The number of nitro benzene ring substituents is 1. The molecule has 0 atom stereocenters. The Kier molecular flexibility index (Phi) is 6.09. The molecule has 0 bridgehead atoms. The number of ether oxygens (including phenoxy) is 1. The van der Waals surface area contributed by atoms with Crippen LogP contribution in [0.15, 0.2) is 30.3 Å². The lowest BCUT2D eigenvalue weighted by molar-refractivity contribution is -0.384. The van der Waals surface area contributed by atoms with E-state index in [1.165, 1.54) is 13.2 Å². The van der Waals surface area contributed by atoms with Crippen LogP contribution in [-0.4, -0.2) is 27.4 Å². The molecule has 0 radical (unpaired) electrons. The van der Waals surface area contributed by atoms with Gasteiger partial charge in [0, 0.05) is 17.2 Å². The highest BCUT2D eigenvalue weighted by molar-refractivity contribution is 6.32. The molecule has 0 aliphatic heterocycles. The number of methoxy groups -OCH3 is 1. The molecule has 0 spiro atoms. The van der Waals surface area contributed by atoms with E-state index in [-0.39, 0.29) is 10.8 Å². The molecule has 2 aromatic rings. The summed E-state index contributed by atoms with van der Waals surface area (Å²) in [7, 11) is 1.48. The molecule has 22 heavy (non-hydrogen) atoms. The Balaban J connectivity index is 0.000000224. The molecule has 0 saturated heterocycles. The van der Waals surface area contributed by atoms with Gasteiger partial charge in [0.1, 0.15) is 5.02 Å². The largest absolute Gasteiger partial charge is 0.504 e. The first kappa shape index (κ1) is 17.7. The van der Waals surface area contributed by atoms with Crippen LogP contribution in [0.4, 0.5) is 5.69 Å². The lowest BCUT2D eigenvalue weighted by Crippen LogP contribution is -1.88. The molecule has 9 heteroatoms. The number of nitro groups is 1. The van der Waals surface area contributed by atoms with E-state index in [0.29, 0.717) is 10.8 Å². The summed E-state index contributed by atoms with van der Waals surface area (Å²) in [5, 5.41) is 37.3. The molecule has 0 fully saturated rings. The fourth-order valence-corrected chi connectivity index (χ4v) is 1.72. The van der Waals surface area contributed by atoms with Crippen molar-refractivity contribution in [1.82, 2.24) is 0 Å². The fourth-order valence-electron chi connectivity index (χ4n) is 1.33. The van der Waals surface area contributed by atoms with Crippen LogP contribution in [0, 0.1) is 10.1 Å². The Bertz CT molecular complexity index is 692. The fraction of sp³-hybridized carbons (Fsp3) is 0.0769. The molecule has 0 amide bonds. The van der Waals surface area contributed by atoms with Crippen LogP contribution in [-0.2, 0) is 0 Å². The van der Waals surface area contributed by atoms with Gasteiger partial charge in [0.25, 0.3) is 5.69 Å². The highest BCUT2D eigenvalue weighted by Gasteiger charge is 2.15. The molecule has 0 saturated carbocycles. The second kappa shape index (κ2) is 7.58. The minimum Gasteiger partial charge on any atom is -0.504 e. The van der Waals surface area contributed by atoms with E-state index >= 15 is 0 Å². The number of hydrogen-bond donors (Lipinski definition) is 3. The third kappa shape index (κ3) is 4.57. The van der Waals surface area contributed by atoms with Crippen molar-refractivity contribution >= 4 is 28.9 Å². The van der Waals surface area contributed by atoms with Crippen LogP contribution in [0.3, 0.4) is 0 Å². The maximum absolute atomic E-state index is 10.2. The number of aromatic hydroxyl groups is 3. The molecule has 3 N–H and O–H groups in total. The van der Waals surface area contributed by atoms with Crippen molar-refractivity contribution < 1.29 is 25.0 Å². The molecular formula is C13H11Cl2NO6. The lowest BCUT2D eigenvalue weighted by atomic mass is 10.3. The summed E-state index contributed by atoms with van der Waals surface area (Å²) in [5.74, 6) is -0.545. The Morgan fingerprint density at radius 3 is 2.14 bits per heavy atom. The zero-order chi connectivity index (χ0) is 16.9. The number of phenolic OH excluding ortho intramolecular Hbond substituents is 3. The molecule has 0 aromatic heterocycles. The highest BCUT2D eigenvalue weighted by atomic mass is 35.5. The molecule has 0 aliphatic rings. The van der Waals surface area contributed by atoms with Gasteiger partial charge in [-0.25, -0.2) is 0 Å². The molecule has 0 heterocycles. The van der Waals surface area contributed by atoms with Crippen LogP contribution in [0.2, 0.25) is 10.0 Å². The third-order valence-corrected chi connectivity index (χ3v) is 2.92. The van der Waals surface area contributed by atoms with Crippen molar-refractivity contribution in [2.75, 3.05) is 7.11 Å². The van der Waals surface area contributed by atoms with Crippen LogP contribution in [0.25, 0.3) is 0 Å². The van der Waals surface area contributed by atoms with Gasteiger partial charge in [-0.3, -0.25) is 10.1 Å². The van der Waals surface area contributed by atoms with Gasteiger partial charge >= 0.3 is 0 Å². The predicted molar refractivity (Wildman–Crippen MR) is 81.1 cm³/mol. The molecular weight excluding hydrogens is 337 g/mol. The van der Waals surface area contributed by atoms with Crippen LogP contribution in [0.1, 0.15) is 0 Å². The van der Waals surface area contributed by atoms with Gasteiger partial charge in [-0.15, -0.1) is 0 Å². The number of halogens is 2. The first-order chi connectivity index (χ1) is 10.3. The van der Waals surface area contributed by atoms with Gasteiger partial charge in [-0.2, -0.15) is 0 Å². The van der Waals surface area contributed by atoms with E-state index in [0.717, 1.165) is 12.1 Å². The van der Waals surface area contributed by atoms with Crippen molar-refractivity contribution in [3.8, 4) is 23.0 Å². The lowest BCUT2D eigenvalue weighted by Gasteiger charge is -2.01. The number of benzene rings is 2. The van der Waals surface area contributed by atoms with Gasteiger partial charge in [-0.1, -0.05) is 23.2 Å². The van der Waals surface area contributed by atoms with Crippen molar-refractivity contribution in [2.45, 2.75) is 0 Å². The normalized spacial score (nSPS) is 9.59. The molecule has 2 aromatic carbocycles.